The number of carbonyl (C=O) groups is 3. The fourth-order valence-electron chi connectivity index (χ4n) is 4.60. The third-order valence-corrected chi connectivity index (χ3v) is 6.99. The van der Waals surface area contributed by atoms with Gasteiger partial charge in [0, 0.05) is 24.7 Å². The van der Waals surface area contributed by atoms with Gasteiger partial charge in [-0.3, -0.25) is 14.4 Å². The number of methoxy groups -OCH3 is 1. The number of nitrogens with zero attached hydrogens (tertiary/aromatic N) is 3. The van der Waals surface area contributed by atoms with E-state index in [0.717, 1.165) is 16.9 Å². The number of aromatic nitrogens is 2. The number of ether oxygens (including phenoxy) is 1. The number of benzene rings is 2. The lowest BCUT2D eigenvalue weighted by molar-refractivity contribution is -0.133. The van der Waals surface area contributed by atoms with Crippen LogP contribution in [0.15, 0.2) is 54.9 Å². The maximum atomic E-state index is 13.7. The molecule has 1 aliphatic heterocycles. The van der Waals surface area contributed by atoms with E-state index in [9.17, 15) is 14.4 Å². The van der Waals surface area contributed by atoms with Crippen LogP contribution in [0.3, 0.4) is 0 Å². The Hall–Kier alpha value is -3.85. The van der Waals surface area contributed by atoms with Gasteiger partial charge in [-0.2, -0.15) is 0 Å². The maximum Gasteiger partial charge on any atom is 0.273 e. The minimum atomic E-state index is -1.14. The summed E-state index contributed by atoms with van der Waals surface area (Å²) in [5.41, 5.74) is 1.06. The number of fused-ring (bicyclic) bond motifs is 1. The standard InChI is InChI=1S/C28H32ClN5O4/c1-4-15-34-26(36)24-23(25(35)30-14-13-19-5-9-21(29)10-6-19)32-18-33(24)17-28(34,2)27(37)31-16-20-7-11-22(38-3)12-8-20/h5-12,18H,4,13-17H2,1-3H3,(H,30,35)(H,31,37)/t28-/m1/s1. The first-order chi connectivity index (χ1) is 18.3. The molecule has 2 aromatic carbocycles. The molecule has 0 aliphatic carbocycles. The van der Waals surface area contributed by atoms with Crippen LogP contribution in [0.5, 0.6) is 5.75 Å². The summed E-state index contributed by atoms with van der Waals surface area (Å²) in [5, 5.41) is 6.47. The van der Waals surface area contributed by atoms with E-state index in [4.69, 9.17) is 16.3 Å². The van der Waals surface area contributed by atoms with Crippen molar-refractivity contribution in [3.63, 3.8) is 0 Å². The van der Waals surface area contributed by atoms with Crippen LogP contribution in [-0.4, -0.2) is 57.9 Å². The van der Waals surface area contributed by atoms with Gasteiger partial charge in [0.2, 0.25) is 5.91 Å². The van der Waals surface area contributed by atoms with Crippen LogP contribution in [0, 0.1) is 0 Å². The van der Waals surface area contributed by atoms with Crippen LogP contribution in [0.4, 0.5) is 0 Å². The number of hydrogen-bond acceptors (Lipinski definition) is 5. The van der Waals surface area contributed by atoms with E-state index in [0.29, 0.717) is 37.5 Å². The first-order valence-electron chi connectivity index (χ1n) is 12.6. The van der Waals surface area contributed by atoms with Crippen molar-refractivity contribution < 1.29 is 19.1 Å². The predicted molar refractivity (Wildman–Crippen MR) is 144 cm³/mol. The minimum absolute atomic E-state index is 0.0629. The average molecular weight is 538 g/mol. The van der Waals surface area contributed by atoms with Crippen molar-refractivity contribution in [1.82, 2.24) is 25.1 Å². The van der Waals surface area contributed by atoms with E-state index in [-0.39, 0.29) is 29.7 Å². The summed E-state index contributed by atoms with van der Waals surface area (Å²) < 4.78 is 6.79. The molecular formula is C28H32ClN5O4. The molecule has 3 aromatic rings. The fourth-order valence-corrected chi connectivity index (χ4v) is 4.73. The molecule has 2 heterocycles. The third-order valence-electron chi connectivity index (χ3n) is 6.74. The van der Waals surface area contributed by atoms with Gasteiger partial charge in [-0.25, -0.2) is 4.98 Å². The molecule has 0 unspecified atom stereocenters. The van der Waals surface area contributed by atoms with Crippen LogP contribution >= 0.6 is 11.6 Å². The molecule has 0 saturated heterocycles. The van der Waals surface area contributed by atoms with Gasteiger partial charge < -0.3 is 24.8 Å². The van der Waals surface area contributed by atoms with Crippen LogP contribution < -0.4 is 15.4 Å². The molecule has 0 bridgehead atoms. The van der Waals surface area contributed by atoms with Crippen LogP contribution in [0.25, 0.3) is 0 Å². The highest BCUT2D eigenvalue weighted by molar-refractivity contribution is 6.30. The maximum absolute atomic E-state index is 13.7. The van der Waals surface area contributed by atoms with Crippen LogP contribution in [0.2, 0.25) is 5.02 Å². The van der Waals surface area contributed by atoms with Gasteiger partial charge in [0.1, 0.15) is 17.0 Å². The Bertz CT molecular complexity index is 1310. The van der Waals surface area contributed by atoms with Gasteiger partial charge in [-0.05, 0) is 55.2 Å². The van der Waals surface area contributed by atoms with Crippen LogP contribution in [0.1, 0.15) is 52.4 Å². The molecule has 1 aliphatic rings. The molecule has 38 heavy (non-hydrogen) atoms. The largest absolute Gasteiger partial charge is 0.497 e. The Labute approximate surface area is 227 Å². The van der Waals surface area contributed by atoms with Gasteiger partial charge in [0.05, 0.1) is 20.0 Å². The number of carbonyl (C=O) groups excluding carboxylic acids is 3. The number of imidazole rings is 1. The summed E-state index contributed by atoms with van der Waals surface area (Å²) in [7, 11) is 1.60. The molecule has 0 fully saturated rings. The van der Waals surface area contributed by atoms with Crippen molar-refractivity contribution in [3.05, 3.63) is 82.4 Å². The lowest BCUT2D eigenvalue weighted by Crippen LogP contribution is -2.64. The lowest BCUT2D eigenvalue weighted by Gasteiger charge is -2.43. The zero-order valence-corrected chi connectivity index (χ0v) is 22.5. The Morgan fingerprint density at radius 2 is 1.76 bits per heavy atom. The first kappa shape index (κ1) is 27.2. The molecule has 0 radical (unpaired) electrons. The molecule has 2 N–H and O–H groups in total. The van der Waals surface area contributed by atoms with Gasteiger partial charge in [0.25, 0.3) is 11.8 Å². The van der Waals surface area contributed by atoms with Gasteiger partial charge in [-0.1, -0.05) is 42.8 Å². The molecule has 9 nitrogen and oxygen atoms in total. The normalized spacial score (nSPS) is 16.6. The second kappa shape index (κ2) is 11.7. The topological polar surface area (TPSA) is 106 Å². The highest BCUT2D eigenvalue weighted by Gasteiger charge is 2.48. The number of amides is 3. The SMILES string of the molecule is CCCN1C(=O)c2c(C(=O)NCCc3ccc(Cl)cc3)ncn2C[C@]1(C)C(=O)NCc1ccc(OC)cc1. The van der Waals surface area contributed by atoms with Crippen molar-refractivity contribution in [2.24, 2.45) is 0 Å². The Morgan fingerprint density at radius 1 is 1.08 bits per heavy atom. The molecule has 4 rings (SSSR count). The third kappa shape index (κ3) is 5.67. The van der Waals surface area contributed by atoms with Crippen molar-refractivity contribution in [1.29, 1.82) is 0 Å². The van der Waals surface area contributed by atoms with Gasteiger partial charge in [0.15, 0.2) is 5.69 Å². The highest BCUT2D eigenvalue weighted by atomic mass is 35.5. The van der Waals surface area contributed by atoms with Crippen molar-refractivity contribution in [2.75, 3.05) is 20.2 Å². The van der Waals surface area contributed by atoms with Crippen LogP contribution in [-0.2, 0) is 24.3 Å². The molecule has 0 saturated carbocycles. The highest BCUT2D eigenvalue weighted by Crippen LogP contribution is 2.29. The monoisotopic (exact) mass is 537 g/mol. The van der Waals surface area contributed by atoms with Gasteiger partial charge >= 0.3 is 0 Å². The second-order valence-electron chi connectivity index (χ2n) is 9.46. The van der Waals surface area contributed by atoms with Gasteiger partial charge in [-0.15, -0.1) is 0 Å². The van der Waals surface area contributed by atoms with E-state index in [1.54, 1.807) is 35.6 Å². The van der Waals surface area contributed by atoms with Crippen molar-refractivity contribution in [3.8, 4) is 5.75 Å². The Morgan fingerprint density at radius 3 is 2.42 bits per heavy atom. The lowest BCUT2D eigenvalue weighted by atomic mass is 9.94. The number of nitrogens with one attached hydrogen (secondary N) is 2. The summed E-state index contributed by atoms with van der Waals surface area (Å²) in [6.45, 7) is 4.94. The Balaban J connectivity index is 1.47. The summed E-state index contributed by atoms with van der Waals surface area (Å²) in [6, 6.07) is 14.8. The van der Waals surface area contributed by atoms with E-state index in [2.05, 4.69) is 15.6 Å². The summed E-state index contributed by atoms with van der Waals surface area (Å²) >= 11 is 5.93. The quantitative estimate of drug-likeness (QED) is 0.412. The van der Waals surface area contributed by atoms with E-state index in [1.165, 1.54) is 6.33 Å². The Kier molecular flexibility index (Phi) is 8.36. The molecule has 10 heteroatoms. The van der Waals surface area contributed by atoms with E-state index < -0.39 is 11.4 Å². The number of rotatable bonds is 10. The number of hydrogen-bond donors (Lipinski definition) is 2. The molecular weight excluding hydrogens is 506 g/mol. The fraction of sp³-hybridized carbons (Fsp3) is 0.357. The molecule has 1 atom stereocenters. The predicted octanol–water partition coefficient (Wildman–Crippen LogP) is 3.46. The second-order valence-corrected chi connectivity index (χ2v) is 9.90. The summed E-state index contributed by atoms with van der Waals surface area (Å²) in [5.74, 6) is -0.356. The average Bonchev–Trinajstić information content (AvgIpc) is 3.34. The molecule has 200 valence electrons. The van der Waals surface area contributed by atoms with E-state index in [1.807, 2.05) is 43.3 Å². The first-order valence-corrected chi connectivity index (χ1v) is 13.0. The molecule has 0 spiro atoms. The van der Waals surface area contributed by atoms with Crippen molar-refractivity contribution >= 4 is 29.3 Å². The summed E-state index contributed by atoms with van der Waals surface area (Å²) in [6.07, 6.45) is 2.73. The smallest absolute Gasteiger partial charge is 0.273 e. The summed E-state index contributed by atoms with van der Waals surface area (Å²) in [4.78, 5) is 45.9. The zero-order valence-electron chi connectivity index (χ0n) is 21.8. The molecule has 1 aromatic heterocycles. The number of halogens is 1. The molecule has 3 amide bonds. The van der Waals surface area contributed by atoms with E-state index >= 15 is 0 Å². The minimum Gasteiger partial charge on any atom is -0.497 e. The van der Waals surface area contributed by atoms with Crippen molar-refractivity contribution in [2.45, 2.75) is 45.3 Å². The zero-order chi connectivity index (χ0) is 27.3.